The number of nitrogens with one attached hydrogen (secondary N) is 3. The average Bonchev–Trinajstić information content (AvgIpc) is 3.15. The van der Waals surface area contributed by atoms with Gasteiger partial charge in [-0.15, -0.1) is 0 Å². The van der Waals surface area contributed by atoms with Gasteiger partial charge in [0, 0.05) is 23.8 Å². The van der Waals surface area contributed by atoms with Crippen molar-refractivity contribution in [3.63, 3.8) is 0 Å². The monoisotopic (exact) mass is 405 g/mol. The van der Waals surface area contributed by atoms with E-state index in [2.05, 4.69) is 27.5 Å². The summed E-state index contributed by atoms with van der Waals surface area (Å²) in [5.41, 5.74) is 4.26. The van der Waals surface area contributed by atoms with E-state index in [4.69, 9.17) is 0 Å². The first kappa shape index (κ1) is 19.9. The van der Waals surface area contributed by atoms with Crippen LogP contribution in [0.3, 0.4) is 0 Å². The summed E-state index contributed by atoms with van der Waals surface area (Å²) in [6, 6.07) is 13.0. The van der Waals surface area contributed by atoms with Crippen LogP contribution in [0.5, 0.6) is 0 Å². The number of carbonyl (C=O) groups excluding carboxylic acids is 2. The summed E-state index contributed by atoms with van der Waals surface area (Å²) >= 11 is 0. The maximum atomic E-state index is 12.7. The van der Waals surface area contributed by atoms with E-state index < -0.39 is 0 Å². The molecule has 1 atom stereocenters. The van der Waals surface area contributed by atoms with Gasteiger partial charge in [-0.2, -0.15) is 0 Å². The lowest BCUT2D eigenvalue weighted by molar-refractivity contribution is 0.0635. The number of H-pyrrole nitrogens is 1. The molecule has 4 rings (SSSR count). The standard InChI is InChI=1S/C23H27N5O2/c1-15-6-11-19-20(13-15)27-21(26-19)14-24-23(30)25-18-9-7-17(8-10-18)22(29)28-12-4-3-5-16(28)2/h6-11,13,16H,3-5,12,14H2,1-2H3,(H,26,27)(H2,24,25,30). The highest BCUT2D eigenvalue weighted by Gasteiger charge is 2.24. The maximum absolute atomic E-state index is 12.7. The number of fused-ring (bicyclic) bond motifs is 1. The SMILES string of the molecule is Cc1ccc2nc(CNC(=O)Nc3ccc(C(=O)N4CCCCC4C)cc3)[nH]c2c1. The Labute approximate surface area is 175 Å². The third-order valence-corrected chi connectivity index (χ3v) is 5.56. The molecule has 0 saturated carbocycles. The molecule has 0 spiro atoms. The lowest BCUT2D eigenvalue weighted by Gasteiger charge is -2.33. The van der Waals surface area contributed by atoms with Crippen molar-refractivity contribution in [1.82, 2.24) is 20.2 Å². The highest BCUT2D eigenvalue weighted by atomic mass is 16.2. The van der Waals surface area contributed by atoms with Crippen molar-refractivity contribution in [2.75, 3.05) is 11.9 Å². The van der Waals surface area contributed by atoms with E-state index in [0.717, 1.165) is 36.0 Å². The van der Waals surface area contributed by atoms with E-state index >= 15 is 0 Å². The Kier molecular flexibility index (Phi) is 5.70. The second-order valence-electron chi connectivity index (χ2n) is 7.93. The number of anilines is 1. The summed E-state index contributed by atoms with van der Waals surface area (Å²) in [4.78, 5) is 34.6. The second-order valence-corrected chi connectivity index (χ2v) is 7.93. The minimum absolute atomic E-state index is 0.0540. The van der Waals surface area contributed by atoms with Crippen LogP contribution in [0.15, 0.2) is 42.5 Å². The Morgan fingerprint density at radius 3 is 2.73 bits per heavy atom. The number of aromatic nitrogens is 2. The number of aromatic amines is 1. The van der Waals surface area contributed by atoms with Crippen molar-refractivity contribution in [2.45, 2.75) is 45.7 Å². The topological polar surface area (TPSA) is 90.1 Å². The molecular formula is C23H27N5O2. The molecule has 1 saturated heterocycles. The number of imidazole rings is 1. The van der Waals surface area contributed by atoms with E-state index in [1.54, 1.807) is 24.3 Å². The zero-order valence-corrected chi connectivity index (χ0v) is 17.4. The smallest absolute Gasteiger partial charge is 0.319 e. The van der Waals surface area contributed by atoms with Gasteiger partial charge in [0.25, 0.3) is 5.91 Å². The number of carbonyl (C=O) groups is 2. The fourth-order valence-electron chi connectivity index (χ4n) is 3.86. The van der Waals surface area contributed by atoms with E-state index in [-0.39, 0.29) is 18.0 Å². The van der Waals surface area contributed by atoms with E-state index in [9.17, 15) is 9.59 Å². The van der Waals surface area contributed by atoms with E-state index in [1.165, 1.54) is 6.42 Å². The van der Waals surface area contributed by atoms with Crippen LogP contribution in [-0.2, 0) is 6.54 Å². The first-order chi connectivity index (χ1) is 14.5. The van der Waals surface area contributed by atoms with Gasteiger partial charge in [-0.1, -0.05) is 6.07 Å². The predicted molar refractivity (Wildman–Crippen MR) is 117 cm³/mol. The molecule has 0 aliphatic carbocycles. The molecule has 1 fully saturated rings. The number of piperidine rings is 1. The molecule has 1 aliphatic heterocycles. The molecule has 3 amide bonds. The summed E-state index contributed by atoms with van der Waals surface area (Å²) < 4.78 is 0. The zero-order chi connectivity index (χ0) is 21.1. The average molecular weight is 406 g/mol. The van der Waals surface area contributed by atoms with Crippen molar-refractivity contribution < 1.29 is 9.59 Å². The van der Waals surface area contributed by atoms with Crippen molar-refractivity contribution in [3.05, 3.63) is 59.4 Å². The van der Waals surface area contributed by atoms with Gasteiger partial charge in [0.05, 0.1) is 17.6 Å². The lowest BCUT2D eigenvalue weighted by Crippen LogP contribution is -2.42. The number of nitrogens with zero attached hydrogens (tertiary/aromatic N) is 2. The van der Waals surface area contributed by atoms with Gasteiger partial charge in [-0.05, 0) is 75.1 Å². The molecule has 2 heterocycles. The van der Waals surface area contributed by atoms with E-state index in [0.29, 0.717) is 23.6 Å². The Morgan fingerprint density at radius 1 is 1.17 bits per heavy atom. The first-order valence-corrected chi connectivity index (χ1v) is 10.4. The Morgan fingerprint density at radius 2 is 1.97 bits per heavy atom. The molecular weight excluding hydrogens is 378 g/mol. The van der Waals surface area contributed by atoms with Gasteiger partial charge in [-0.3, -0.25) is 4.79 Å². The molecule has 7 heteroatoms. The lowest BCUT2D eigenvalue weighted by atomic mass is 10.0. The third-order valence-electron chi connectivity index (χ3n) is 5.56. The summed E-state index contributed by atoms with van der Waals surface area (Å²) in [6.07, 6.45) is 3.29. The molecule has 3 N–H and O–H groups in total. The quantitative estimate of drug-likeness (QED) is 0.607. The summed E-state index contributed by atoms with van der Waals surface area (Å²) in [6.45, 7) is 5.23. The van der Waals surface area contributed by atoms with Crippen molar-refractivity contribution >= 4 is 28.7 Å². The van der Waals surface area contributed by atoms with Gasteiger partial charge in [0.15, 0.2) is 0 Å². The Hall–Kier alpha value is -3.35. The highest BCUT2D eigenvalue weighted by Crippen LogP contribution is 2.20. The number of rotatable bonds is 4. The molecule has 0 radical (unpaired) electrons. The van der Waals surface area contributed by atoms with E-state index in [1.807, 2.05) is 30.0 Å². The Balaban J connectivity index is 1.32. The number of hydrogen-bond acceptors (Lipinski definition) is 3. The van der Waals surface area contributed by atoms with Gasteiger partial charge in [-0.25, -0.2) is 9.78 Å². The van der Waals surface area contributed by atoms with Crippen molar-refractivity contribution in [1.29, 1.82) is 0 Å². The van der Waals surface area contributed by atoms with Crippen LogP contribution >= 0.6 is 0 Å². The minimum atomic E-state index is -0.324. The molecule has 156 valence electrons. The fraction of sp³-hybridized carbons (Fsp3) is 0.348. The molecule has 3 aromatic rings. The number of urea groups is 1. The van der Waals surface area contributed by atoms with Crippen LogP contribution < -0.4 is 10.6 Å². The van der Waals surface area contributed by atoms with Crippen LogP contribution in [0.2, 0.25) is 0 Å². The summed E-state index contributed by atoms with van der Waals surface area (Å²) in [5.74, 6) is 0.751. The zero-order valence-electron chi connectivity index (χ0n) is 17.4. The number of amides is 3. The van der Waals surface area contributed by atoms with Gasteiger partial charge in [0.2, 0.25) is 0 Å². The van der Waals surface area contributed by atoms with Gasteiger partial charge >= 0.3 is 6.03 Å². The van der Waals surface area contributed by atoms with Crippen LogP contribution in [0.1, 0.15) is 47.9 Å². The molecule has 1 unspecified atom stereocenters. The van der Waals surface area contributed by atoms with Crippen molar-refractivity contribution in [2.24, 2.45) is 0 Å². The number of hydrogen-bond donors (Lipinski definition) is 3. The van der Waals surface area contributed by atoms with Gasteiger partial charge < -0.3 is 20.5 Å². The number of benzene rings is 2. The Bertz CT molecular complexity index is 1060. The summed E-state index contributed by atoms with van der Waals surface area (Å²) in [7, 11) is 0. The molecule has 1 aliphatic rings. The number of likely N-dealkylation sites (tertiary alicyclic amines) is 1. The molecule has 7 nitrogen and oxygen atoms in total. The molecule has 2 aromatic carbocycles. The van der Waals surface area contributed by atoms with Crippen LogP contribution in [-0.4, -0.2) is 39.4 Å². The summed E-state index contributed by atoms with van der Waals surface area (Å²) in [5, 5.41) is 5.59. The minimum Gasteiger partial charge on any atom is -0.340 e. The predicted octanol–water partition coefficient (Wildman–Crippen LogP) is 4.21. The largest absolute Gasteiger partial charge is 0.340 e. The van der Waals surface area contributed by atoms with Crippen LogP contribution in [0.25, 0.3) is 11.0 Å². The maximum Gasteiger partial charge on any atom is 0.319 e. The highest BCUT2D eigenvalue weighted by molar-refractivity contribution is 5.95. The molecule has 1 aromatic heterocycles. The van der Waals surface area contributed by atoms with Crippen molar-refractivity contribution in [3.8, 4) is 0 Å². The number of aryl methyl sites for hydroxylation is 1. The van der Waals surface area contributed by atoms with Crippen LogP contribution in [0, 0.1) is 6.92 Å². The third kappa shape index (κ3) is 4.45. The molecule has 30 heavy (non-hydrogen) atoms. The fourth-order valence-corrected chi connectivity index (χ4v) is 3.86. The van der Waals surface area contributed by atoms with Crippen LogP contribution in [0.4, 0.5) is 10.5 Å². The second kappa shape index (κ2) is 8.57. The van der Waals surface area contributed by atoms with Gasteiger partial charge in [0.1, 0.15) is 5.82 Å². The first-order valence-electron chi connectivity index (χ1n) is 10.4. The normalized spacial score (nSPS) is 16.5. The molecule has 0 bridgehead atoms.